The van der Waals surface area contributed by atoms with E-state index in [1.54, 1.807) is 0 Å². The normalized spacial score (nSPS) is 11.7. The van der Waals surface area contributed by atoms with Gasteiger partial charge < -0.3 is 5.73 Å². The smallest absolute Gasteiger partial charge is 0.0875 e. The molecule has 0 amide bonds. The van der Waals surface area contributed by atoms with Crippen molar-refractivity contribution in [2.75, 3.05) is 6.54 Å². The highest BCUT2D eigenvalue weighted by Gasteiger charge is 1.96. The minimum atomic E-state index is 0.283. The Kier molecular flexibility index (Phi) is 3.48. The Morgan fingerprint density at radius 2 is 2.00 bits per heavy atom. The third kappa shape index (κ3) is 2.47. The van der Waals surface area contributed by atoms with Gasteiger partial charge in [0.25, 0.3) is 0 Å². The maximum atomic E-state index is 12.1. The van der Waals surface area contributed by atoms with E-state index in [1.807, 2.05) is 30.3 Å². The molecule has 0 aromatic heterocycles. The standard InChI is InChI=1S/C10H12FN/c11-7-10(8-12)6-9-4-2-1-3-5-9/h1-5,7H,6,8,12H2. The van der Waals surface area contributed by atoms with Crippen molar-refractivity contribution in [1.82, 2.24) is 0 Å². The van der Waals surface area contributed by atoms with Gasteiger partial charge >= 0.3 is 0 Å². The molecule has 0 aliphatic rings. The van der Waals surface area contributed by atoms with Gasteiger partial charge in [-0.05, 0) is 17.6 Å². The van der Waals surface area contributed by atoms with Crippen LogP contribution >= 0.6 is 0 Å². The largest absolute Gasteiger partial charge is 0.327 e. The summed E-state index contributed by atoms with van der Waals surface area (Å²) in [7, 11) is 0. The Labute approximate surface area is 71.7 Å². The molecule has 0 saturated carbocycles. The molecule has 0 unspecified atom stereocenters. The third-order valence-corrected chi connectivity index (χ3v) is 1.69. The van der Waals surface area contributed by atoms with E-state index in [9.17, 15) is 4.39 Å². The predicted octanol–water partition coefficient (Wildman–Crippen LogP) is 2.04. The van der Waals surface area contributed by atoms with Crippen molar-refractivity contribution >= 4 is 0 Å². The van der Waals surface area contributed by atoms with E-state index in [4.69, 9.17) is 5.73 Å². The lowest BCUT2D eigenvalue weighted by atomic mass is 10.1. The molecule has 2 N–H and O–H groups in total. The van der Waals surface area contributed by atoms with Crippen LogP contribution in [0.1, 0.15) is 5.56 Å². The van der Waals surface area contributed by atoms with Crippen LogP contribution in [0.15, 0.2) is 42.2 Å². The number of halogens is 1. The maximum Gasteiger partial charge on any atom is 0.0875 e. The molecule has 0 bridgehead atoms. The minimum Gasteiger partial charge on any atom is -0.327 e. The molecule has 0 spiro atoms. The molecule has 0 saturated heterocycles. The summed E-state index contributed by atoms with van der Waals surface area (Å²) in [4.78, 5) is 0. The Morgan fingerprint density at radius 1 is 1.33 bits per heavy atom. The van der Waals surface area contributed by atoms with Crippen LogP contribution in [0, 0.1) is 0 Å². The Bertz CT molecular complexity index is 254. The highest BCUT2D eigenvalue weighted by Crippen LogP contribution is 2.06. The molecule has 0 heterocycles. The summed E-state index contributed by atoms with van der Waals surface area (Å²) in [5.41, 5.74) is 7.04. The van der Waals surface area contributed by atoms with E-state index >= 15 is 0 Å². The van der Waals surface area contributed by atoms with Crippen LogP contribution in [0.2, 0.25) is 0 Å². The molecule has 0 atom stereocenters. The average molecular weight is 165 g/mol. The number of benzene rings is 1. The van der Waals surface area contributed by atoms with Gasteiger partial charge in [0, 0.05) is 6.54 Å². The van der Waals surface area contributed by atoms with Gasteiger partial charge in [-0.2, -0.15) is 0 Å². The van der Waals surface area contributed by atoms with Crippen LogP contribution < -0.4 is 5.73 Å². The fourth-order valence-corrected chi connectivity index (χ4v) is 1.01. The molecule has 64 valence electrons. The highest BCUT2D eigenvalue weighted by molar-refractivity contribution is 5.21. The van der Waals surface area contributed by atoms with Crippen molar-refractivity contribution in [2.45, 2.75) is 6.42 Å². The first kappa shape index (κ1) is 8.94. The van der Waals surface area contributed by atoms with Gasteiger partial charge in [-0.3, -0.25) is 0 Å². The number of hydrogen-bond acceptors (Lipinski definition) is 1. The van der Waals surface area contributed by atoms with Crippen LogP contribution in [0.5, 0.6) is 0 Å². The van der Waals surface area contributed by atoms with Crippen molar-refractivity contribution in [2.24, 2.45) is 5.73 Å². The van der Waals surface area contributed by atoms with E-state index in [0.29, 0.717) is 18.3 Å². The zero-order chi connectivity index (χ0) is 8.81. The van der Waals surface area contributed by atoms with E-state index in [0.717, 1.165) is 5.56 Å². The topological polar surface area (TPSA) is 26.0 Å². The zero-order valence-electron chi connectivity index (χ0n) is 6.83. The third-order valence-electron chi connectivity index (χ3n) is 1.69. The van der Waals surface area contributed by atoms with Crippen LogP contribution in [0.3, 0.4) is 0 Å². The van der Waals surface area contributed by atoms with Crippen molar-refractivity contribution in [3.05, 3.63) is 47.8 Å². The summed E-state index contributed by atoms with van der Waals surface area (Å²) < 4.78 is 12.1. The van der Waals surface area contributed by atoms with Gasteiger partial charge in [-0.15, -0.1) is 0 Å². The van der Waals surface area contributed by atoms with E-state index in [-0.39, 0.29) is 6.54 Å². The second-order valence-corrected chi connectivity index (χ2v) is 2.63. The number of rotatable bonds is 3. The van der Waals surface area contributed by atoms with Crippen molar-refractivity contribution in [3.8, 4) is 0 Å². The van der Waals surface area contributed by atoms with Gasteiger partial charge in [-0.1, -0.05) is 30.3 Å². The van der Waals surface area contributed by atoms with Crippen molar-refractivity contribution in [1.29, 1.82) is 0 Å². The molecule has 1 aromatic carbocycles. The molecule has 0 radical (unpaired) electrons. The van der Waals surface area contributed by atoms with Gasteiger partial charge in [0.15, 0.2) is 0 Å². The molecular formula is C10H12FN. The molecule has 0 aliphatic heterocycles. The van der Waals surface area contributed by atoms with Crippen LogP contribution in [-0.4, -0.2) is 6.54 Å². The fourth-order valence-electron chi connectivity index (χ4n) is 1.01. The van der Waals surface area contributed by atoms with Crippen LogP contribution in [0.4, 0.5) is 4.39 Å². The summed E-state index contributed by atoms with van der Waals surface area (Å²) in [5, 5.41) is 0. The van der Waals surface area contributed by atoms with E-state index in [1.165, 1.54) is 0 Å². The molecule has 0 aliphatic carbocycles. The maximum absolute atomic E-state index is 12.1. The van der Waals surface area contributed by atoms with Gasteiger partial charge in [-0.25, -0.2) is 4.39 Å². The molecule has 0 fully saturated rings. The molecule has 1 aromatic rings. The summed E-state index contributed by atoms with van der Waals surface area (Å²) >= 11 is 0. The van der Waals surface area contributed by atoms with Crippen molar-refractivity contribution < 1.29 is 4.39 Å². The lowest BCUT2D eigenvalue weighted by Crippen LogP contribution is -2.04. The summed E-state index contributed by atoms with van der Waals surface area (Å²) in [6.07, 6.45) is 1.20. The van der Waals surface area contributed by atoms with Gasteiger partial charge in [0.05, 0.1) is 6.33 Å². The van der Waals surface area contributed by atoms with Crippen molar-refractivity contribution in [3.63, 3.8) is 0 Å². The monoisotopic (exact) mass is 165 g/mol. The first-order valence-corrected chi connectivity index (χ1v) is 3.89. The zero-order valence-corrected chi connectivity index (χ0v) is 6.83. The lowest BCUT2D eigenvalue weighted by Gasteiger charge is -2.01. The quantitative estimate of drug-likeness (QED) is 0.728. The van der Waals surface area contributed by atoms with Gasteiger partial charge in [0.1, 0.15) is 0 Å². The number of nitrogens with two attached hydrogens (primary N) is 1. The first-order valence-electron chi connectivity index (χ1n) is 3.89. The molecule has 1 nitrogen and oxygen atoms in total. The second-order valence-electron chi connectivity index (χ2n) is 2.63. The Morgan fingerprint density at radius 3 is 2.50 bits per heavy atom. The minimum absolute atomic E-state index is 0.283. The van der Waals surface area contributed by atoms with E-state index < -0.39 is 0 Å². The first-order chi connectivity index (χ1) is 5.86. The highest BCUT2D eigenvalue weighted by atomic mass is 19.1. The summed E-state index contributed by atoms with van der Waals surface area (Å²) in [6.45, 7) is 0.283. The molecular weight excluding hydrogens is 153 g/mol. The average Bonchev–Trinajstić information content (AvgIpc) is 2.16. The molecule has 12 heavy (non-hydrogen) atoms. The SMILES string of the molecule is NCC(=CF)Cc1ccccc1. The fraction of sp³-hybridized carbons (Fsp3) is 0.200. The Hall–Kier alpha value is -1.15. The van der Waals surface area contributed by atoms with Gasteiger partial charge in [0.2, 0.25) is 0 Å². The van der Waals surface area contributed by atoms with Crippen LogP contribution in [0.25, 0.3) is 0 Å². The molecule has 2 heteroatoms. The molecule has 1 rings (SSSR count). The summed E-state index contributed by atoms with van der Waals surface area (Å²) in [5.74, 6) is 0. The lowest BCUT2D eigenvalue weighted by molar-refractivity contribution is 0.699. The number of hydrogen-bond donors (Lipinski definition) is 1. The predicted molar refractivity (Wildman–Crippen MR) is 48.4 cm³/mol. The Balaban J connectivity index is 2.64. The van der Waals surface area contributed by atoms with Crippen LogP contribution in [-0.2, 0) is 6.42 Å². The van der Waals surface area contributed by atoms with E-state index in [2.05, 4.69) is 0 Å². The second kappa shape index (κ2) is 4.67. The summed E-state index contributed by atoms with van der Waals surface area (Å²) in [6, 6.07) is 9.71.